The van der Waals surface area contributed by atoms with Crippen LogP contribution in [0.4, 0.5) is 0 Å². The predicted molar refractivity (Wildman–Crippen MR) is 115 cm³/mol. The summed E-state index contributed by atoms with van der Waals surface area (Å²) in [5.41, 5.74) is 0.354. The average molecular weight is 470 g/mol. The van der Waals surface area contributed by atoms with E-state index in [1.54, 1.807) is 0 Å². The van der Waals surface area contributed by atoms with Crippen molar-refractivity contribution in [1.29, 1.82) is 0 Å². The molecule has 0 bridgehead atoms. The maximum absolute atomic E-state index is 12.8. The Kier molecular flexibility index (Phi) is 7.52. The summed E-state index contributed by atoms with van der Waals surface area (Å²) in [4.78, 5) is 24.6. The average Bonchev–Trinajstić information content (AvgIpc) is 3.02. The number of benzene rings is 2. The third-order valence-corrected chi connectivity index (χ3v) is 7.32. The topological polar surface area (TPSA) is 80.8 Å². The van der Waals surface area contributed by atoms with Crippen molar-refractivity contribution in [2.75, 3.05) is 19.7 Å². The zero-order chi connectivity index (χ0) is 21.7. The smallest absolute Gasteiger partial charge is 0.338 e. The van der Waals surface area contributed by atoms with Crippen LogP contribution in [0.3, 0.4) is 0 Å². The molecule has 30 heavy (non-hydrogen) atoms. The second kappa shape index (κ2) is 9.92. The Hall–Kier alpha value is -1.93. The largest absolute Gasteiger partial charge is 0.454 e. The van der Waals surface area contributed by atoms with Crippen molar-refractivity contribution in [3.63, 3.8) is 0 Å². The van der Waals surface area contributed by atoms with Gasteiger partial charge in [-0.25, -0.2) is 13.2 Å². The van der Waals surface area contributed by atoms with Crippen LogP contribution in [0.15, 0.2) is 47.4 Å². The summed E-state index contributed by atoms with van der Waals surface area (Å²) in [6, 6.07) is 9.94. The molecule has 9 heteroatoms. The molecule has 0 aliphatic carbocycles. The van der Waals surface area contributed by atoms with E-state index >= 15 is 0 Å². The SMILES string of the molecule is O=C(OCC(=O)c1ccc(Cl)cc1Cl)c1ccc(S(=O)(=O)N2CCCCCC2)cc1. The number of Topliss-reactive ketones (excluding diaryl/α,β-unsaturated/α-hetero) is 1. The number of esters is 1. The van der Waals surface area contributed by atoms with Gasteiger partial charge in [0.1, 0.15) is 0 Å². The molecule has 6 nitrogen and oxygen atoms in total. The van der Waals surface area contributed by atoms with Gasteiger partial charge in [0.15, 0.2) is 6.61 Å². The van der Waals surface area contributed by atoms with E-state index in [9.17, 15) is 18.0 Å². The molecule has 1 saturated heterocycles. The molecule has 0 amide bonds. The highest BCUT2D eigenvalue weighted by atomic mass is 35.5. The van der Waals surface area contributed by atoms with Gasteiger partial charge in [-0.15, -0.1) is 0 Å². The zero-order valence-electron chi connectivity index (χ0n) is 16.1. The molecule has 0 atom stereocenters. The fourth-order valence-electron chi connectivity index (χ4n) is 3.20. The zero-order valence-corrected chi connectivity index (χ0v) is 18.5. The lowest BCUT2D eigenvalue weighted by molar-refractivity contribution is 0.0474. The standard InChI is InChI=1S/C21H21Cl2NO5S/c22-16-7-10-18(19(23)13-16)20(25)14-29-21(26)15-5-8-17(9-6-15)30(27,28)24-11-3-1-2-4-12-24/h5-10,13H,1-4,11-12,14H2. The first-order chi connectivity index (χ1) is 14.3. The highest BCUT2D eigenvalue weighted by Gasteiger charge is 2.25. The van der Waals surface area contributed by atoms with E-state index in [0.29, 0.717) is 18.1 Å². The summed E-state index contributed by atoms with van der Waals surface area (Å²) in [5.74, 6) is -1.20. The van der Waals surface area contributed by atoms with Gasteiger partial charge >= 0.3 is 5.97 Å². The molecule has 3 rings (SSSR count). The van der Waals surface area contributed by atoms with Gasteiger partial charge < -0.3 is 4.74 Å². The van der Waals surface area contributed by atoms with Crippen LogP contribution in [0.2, 0.25) is 10.0 Å². The van der Waals surface area contributed by atoms with Crippen molar-refractivity contribution < 1.29 is 22.7 Å². The van der Waals surface area contributed by atoms with E-state index in [0.717, 1.165) is 25.7 Å². The van der Waals surface area contributed by atoms with E-state index in [-0.39, 0.29) is 21.0 Å². The molecule has 160 valence electrons. The van der Waals surface area contributed by atoms with Gasteiger partial charge in [-0.05, 0) is 55.3 Å². The molecular formula is C21H21Cl2NO5S. The van der Waals surface area contributed by atoms with Crippen molar-refractivity contribution >= 4 is 45.0 Å². The third kappa shape index (κ3) is 5.40. The molecule has 1 aliphatic heterocycles. The summed E-state index contributed by atoms with van der Waals surface area (Å²) in [7, 11) is -3.60. The normalized spacial score (nSPS) is 15.4. The van der Waals surface area contributed by atoms with Gasteiger partial charge in [0.25, 0.3) is 0 Å². The second-order valence-corrected chi connectivity index (χ2v) is 9.75. The van der Waals surface area contributed by atoms with Crippen molar-refractivity contribution in [1.82, 2.24) is 4.31 Å². The van der Waals surface area contributed by atoms with Crippen LogP contribution >= 0.6 is 23.2 Å². The lowest BCUT2D eigenvalue weighted by atomic mass is 10.1. The number of ether oxygens (including phenoxy) is 1. The summed E-state index contributed by atoms with van der Waals surface area (Å²) >= 11 is 11.8. The molecule has 0 N–H and O–H groups in total. The summed E-state index contributed by atoms with van der Waals surface area (Å²) < 4.78 is 32.1. The number of carbonyl (C=O) groups is 2. The molecule has 1 aliphatic rings. The minimum absolute atomic E-state index is 0.130. The van der Waals surface area contributed by atoms with Crippen molar-refractivity contribution in [3.05, 3.63) is 63.6 Å². The van der Waals surface area contributed by atoms with Crippen LogP contribution in [0.25, 0.3) is 0 Å². The van der Waals surface area contributed by atoms with Gasteiger partial charge in [0.2, 0.25) is 15.8 Å². The van der Waals surface area contributed by atoms with Crippen LogP contribution in [0.5, 0.6) is 0 Å². The molecule has 1 fully saturated rings. The van der Waals surface area contributed by atoms with Gasteiger partial charge in [0.05, 0.1) is 15.5 Å². The first-order valence-electron chi connectivity index (χ1n) is 9.54. The summed E-state index contributed by atoms with van der Waals surface area (Å²) in [6.07, 6.45) is 3.73. The van der Waals surface area contributed by atoms with E-state index in [4.69, 9.17) is 27.9 Å². The number of hydrogen-bond acceptors (Lipinski definition) is 5. The van der Waals surface area contributed by atoms with E-state index < -0.39 is 28.4 Å². The fraction of sp³-hybridized carbons (Fsp3) is 0.333. The second-order valence-electron chi connectivity index (χ2n) is 6.97. The van der Waals surface area contributed by atoms with Crippen LogP contribution in [0, 0.1) is 0 Å². The van der Waals surface area contributed by atoms with Gasteiger partial charge in [-0.2, -0.15) is 4.31 Å². The predicted octanol–water partition coefficient (Wildman–Crippen LogP) is 4.60. The van der Waals surface area contributed by atoms with E-state index in [1.165, 1.54) is 46.8 Å². The number of nitrogens with zero attached hydrogens (tertiary/aromatic N) is 1. The van der Waals surface area contributed by atoms with E-state index in [1.807, 2.05) is 0 Å². The number of ketones is 1. The monoisotopic (exact) mass is 469 g/mol. The minimum Gasteiger partial charge on any atom is -0.454 e. The quantitative estimate of drug-likeness (QED) is 0.456. The highest BCUT2D eigenvalue weighted by molar-refractivity contribution is 7.89. The van der Waals surface area contributed by atoms with Crippen LogP contribution in [-0.2, 0) is 14.8 Å². The minimum atomic E-state index is -3.60. The molecular weight excluding hydrogens is 449 g/mol. The van der Waals surface area contributed by atoms with E-state index in [2.05, 4.69) is 0 Å². The molecule has 0 radical (unpaired) electrons. The lowest BCUT2D eigenvalue weighted by Crippen LogP contribution is -2.31. The highest BCUT2D eigenvalue weighted by Crippen LogP contribution is 2.22. The van der Waals surface area contributed by atoms with Crippen LogP contribution in [0.1, 0.15) is 46.4 Å². The first kappa shape index (κ1) is 22.7. The van der Waals surface area contributed by atoms with Gasteiger partial charge in [-0.3, -0.25) is 4.79 Å². The summed E-state index contributed by atoms with van der Waals surface area (Å²) in [6.45, 7) is 0.511. The number of sulfonamides is 1. The van der Waals surface area contributed by atoms with Crippen molar-refractivity contribution in [3.8, 4) is 0 Å². The van der Waals surface area contributed by atoms with Crippen molar-refractivity contribution in [2.24, 2.45) is 0 Å². The fourth-order valence-corrected chi connectivity index (χ4v) is 5.23. The number of hydrogen-bond donors (Lipinski definition) is 0. The molecule has 2 aromatic rings. The van der Waals surface area contributed by atoms with Gasteiger partial charge in [-0.1, -0.05) is 36.0 Å². The third-order valence-electron chi connectivity index (χ3n) is 4.86. The Bertz CT molecular complexity index is 1030. The number of halogens is 2. The first-order valence-corrected chi connectivity index (χ1v) is 11.7. The Labute approximate surface area is 185 Å². The Morgan fingerprint density at radius 1 is 0.933 bits per heavy atom. The molecule has 0 aromatic heterocycles. The molecule has 0 unspecified atom stereocenters. The molecule has 2 aromatic carbocycles. The molecule has 0 spiro atoms. The summed E-state index contributed by atoms with van der Waals surface area (Å²) in [5, 5.41) is 0.565. The Balaban J connectivity index is 1.64. The van der Waals surface area contributed by atoms with Crippen LogP contribution < -0.4 is 0 Å². The van der Waals surface area contributed by atoms with Crippen molar-refractivity contribution in [2.45, 2.75) is 30.6 Å². The molecule has 0 saturated carbocycles. The van der Waals surface area contributed by atoms with Gasteiger partial charge in [0, 0.05) is 23.7 Å². The lowest BCUT2D eigenvalue weighted by Gasteiger charge is -2.19. The maximum atomic E-state index is 12.8. The Morgan fingerprint density at radius 2 is 1.57 bits per heavy atom. The number of rotatable bonds is 6. The maximum Gasteiger partial charge on any atom is 0.338 e. The number of carbonyl (C=O) groups excluding carboxylic acids is 2. The molecule has 1 heterocycles. The Morgan fingerprint density at radius 3 is 2.17 bits per heavy atom. The van der Waals surface area contributed by atoms with Crippen LogP contribution in [-0.4, -0.2) is 44.2 Å².